The first-order chi connectivity index (χ1) is 9.13. The van der Waals surface area contributed by atoms with Crippen molar-refractivity contribution in [1.82, 2.24) is 4.98 Å². The smallest absolute Gasteiger partial charge is 0.124 e. The molecular formula is C14H15ClN2OS. The number of pyridine rings is 1. The Kier molecular flexibility index (Phi) is 4.69. The lowest BCUT2D eigenvalue weighted by Crippen LogP contribution is -2.08. The molecule has 0 saturated heterocycles. The summed E-state index contributed by atoms with van der Waals surface area (Å²) in [4.78, 5) is 5.29. The molecule has 0 aliphatic heterocycles. The van der Waals surface area contributed by atoms with Gasteiger partial charge in [0.25, 0.3) is 0 Å². The van der Waals surface area contributed by atoms with Crippen molar-refractivity contribution < 1.29 is 4.74 Å². The second-order valence-corrected chi connectivity index (χ2v) is 5.49. The highest BCUT2D eigenvalue weighted by Gasteiger charge is 2.15. The van der Waals surface area contributed by atoms with Gasteiger partial charge in [0.1, 0.15) is 10.8 Å². The number of benzene rings is 1. The quantitative estimate of drug-likeness (QED) is 0.928. The maximum Gasteiger partial charge on any atom is 0.124 e. The van der Waals surface area contributed by atoms with Gasteiger partial charge < -0.3 is 10.5 Å². The van der Waals surface area contributed by atoms with E-state index in [1.165, 1.54) is 11.8 Å². The van der Waals surface area contributed by atoms with E-state index < -0.39 is 0 Å². The van der Waals surface area contributed by atoms with Gasteiger partial charge in [0.05, 0.1) is 12.1 Å². The molecule has 0 saturated carbocycles. The zero-order valence-corrected chi connectivity index (χ0v) is 12.3. The Morgan fingerprint density at radius 1 is 1.32 bits per heavy atom. The lowest BCUT2D eigenvalue weighted by molar-refractivity contribution is 0.405. The molecule has 5 heteroatoms. The summed E-state index contributed by atoms with van der Waals surface area (Å²) in [6.07, 6.45) is 1.72. The summed E-state index contributed by atoms with van der Waals surface area (Å²) in [5.74, 6) is 0.784. The van der Waals surface area contributed by atoms with Gasteiger partial charge in [-0.2, -0.15) is 0 Å². The highest BCUT2D eigenvalue weighted by molar-refractivity contribution is 7.99. The molecule has 0 spiro atoms. The summed E-state index contributed by atoms with van der Waals surface area (Å²) >= 11 is 7.63. The van der Waals surface area contributed by atoms with Crippen LogP contribution in [0.4, 0.5) is 0 Å². The van der Waals surface area contributed by atoms with E-state index in [2.05, 4.69) is 4.98 Å². The fraction of sp³-hybridized carbons (Fsp3) is 0.214. The second-order valence-electron chi connectivity index (χ2n) is 4.05. The molecule has 0 radical (unpaired) electrons. The maximum atomic E-state index is 6.13. The van der Waals surface area contributed by atoms with Crippen molar-refractivity contribution in [3.63, 3.8) is 0 Å². The fourth-order valence-electron chi connectivity index (χ4n) is 1.79. The number of hydrogen-bond donors (Lipinski definition) is 1. The first-order valence-electron chi connectivity index (χ1n) is 5.84. The van der Waals surface area contributed by atoms with Crippen LogP contribution >= 0.6 is 23.4 Å². The lowest BCUT2D eigenvalue weighted by atomic mass is 10.1. The Morgan fingerprint density at radius 2 is 2.11 bits per heavy atom. The summed E-state index contributed by atoms with van der Waals surface area (Å²) in [6, 6.07) is 9.34. The Bertz CT molecular complexity index is 575. The van der Waals surface area contributed by atoms with Crippen molar-refractivity contribution in [1.29, 1.82) is 0 Å². The normalized spacial score (nSPS) is 12.2. The van der Waals surface area contributed by atoms with Crippen LogP contribution in [0.3, 0.4) is 0 Å². The van der Waals surface area contributed by atoms with Gasteiger partial charge >= 0.3 is 0 Å². The monoisotopic (exact) mass is 294 g/mol. The van der Waals surface area contributed by atoms with Crippen LogP contribution in [-0.4, -0.2) is 12.1 Å². The molecule has 0 amide bonds. The maximum absolute atomic E-state index is 6.13. The first kappa shape index (κ1) is 14.2. The molecule has 3 nitrogen and oxygen atoms in total. The Morgan fingerprint density at radius 3 is 2.74 bits per heavy atom. The molecule has 100 valence electrons. The number of nitrogens with zero attached hydrogens (tertiary/aromatic N) is 1. The van der Waals surface area contributed by atoms with Gasteiger partial charge in [0.15, 0.2) is 0 Å². The van der Waals surface area contributed by atoms with Crippen molar-refractivity contribution in [2.75, 3.05) is 7.11 Å². The minimum atomic E-state index is -0.124. The molecule has 0 bridgehead atoms. The average Bonchev–Trinajstić information content (AvgIpc) is 2.40. The molecule has 2 rings (SSSR count). The van der Waals surface area contributed by atoms with E-state index >= 15 is 0 Å². The first-order valence-corrected chi connectivity index (χ1v) is 7.03. The van der Waals surface area contributed by atoms with Crippen LogP contribution in [0.2, 0.25) is 5.02 Å². The minimum Gasteiger partial charge on any atom is -0.496 e. The third-order valence-electron chi connectivity index (χ3n) is 2.63. The molecule has 1 atom stereocenters. The number of methoxy groups -OCH3 is 1. The molecule has 1 aromatic carbocycles. The predicted octanol–water partition coefficient (Wildman–Crippen LogP) is 3.91. The van der Waals surface area contributed by atoms with Gasteiger partial charge in [-0.25, -0.2) is 4.98 Å². The van der Waals surface area contributed by atoms with Crippen LogP contribution in [0.25, 0.3) is 0 Å². The van der Waals surface area contributed by atoms with Crippen molar-refractivity contribution in [3.8, 4) is 5.75 Å². The topological polar surface area (TPSA) is 48.1 Å². The molecule has 0 fully saturated rings. The van der Waals surface area contributed by atoms with Crippen LogP contribution < -0.4 is 10.5 Å². The Hall–Kier alpha value is -1.23. The Balaban J connectivity index is 2.43. The fourth-order valence-corrected chi connectivity index (χ4v) is 3.06. The van der Waals surface area contributed by atoms with Crippen LogP contribution in [0, 0.1) is 0 Å². The summed E-state index contributed by atoms with van der Waals surface area (Å²) < 4.78 is 5.37. The largest absolute Gasteiger partial charge is 0.496 e. The highest BCUT2D eigenvalue weighted by Crippen LogP contribution is 2.38. The van der Waals surface area contributed by atoms with Crippen LogP contribution in [0.5, 0.6) is 5.75 Å². The van der Waals surface area contributed by atoms with E-state index in [4.69, 9.17) is 22.1 Å². The number of rotatable bonds is 4. The van der Waals surface area contributed by atoms with Gasteiger partial charge in [-0.1, -0.05) is 29.4 Å². The number of hydrogen-bond acceptors (Lipinski definition) is 4. The molecule has 2 N–H and O–H groups in total. The number of ether oxygens (including phenoxy) is 1. The SMILES string of the molecule is COc1cccc(Sc2ncccc2Cl)c1[C@@H](C)N. The molecule has 0 aliphatic rings. The molecular weight excluding hydrogens is 280 g/mol. The van der Waals surface area contributed by atoms with Crippen molar-refractivity contribution in [3.05, 3.63) is 47.1 Å². The molecule has 2 aromatic rings. The third kappa shape index (κ3) is 3.21. The summed E-state index contributed by atoms with van der Waals surface area (Å²) in [6.45, 7) is 1.93. The molecule has 1 heterocycles. The van der Waals surface area contributed by atoms with E-state index in [1.54, 1.807) is 13.3 Å². The average molecular weight is 295 g/mol. The highest BCUT2D eigenvalue weighted by atomic mass is 35.5. The van der Waals surface area contributed by atoms with Crippen LogP contribution in [0.1, 0.15) is 18.5 Å². The van der Waals surface area contributed by atoms with Gasteiger partial charge in [0, 0.05) is 22.7 Å². The standard InChI is InChI=1S/C14H15ClN2OS/c1-9(16)13-11(18-2)6-3-7-12(13)19-14-10(15)5-4-8-17-14/h3-9H,16H2,1-2H3/t9-/m1/s1. The predicted molar refractivity (Wildman–Crippen MR) is 79.0 cm³/mol. The number of nitrogens with two attached hydrogens (primary N) is 1. The van der Waals surface area contributed by atoms with Crippen molar-refractivity contribution in [2.24, 2.45) is 5.73 Å². The second kappa shape index (κ2) is 6.28. The van der Waals surface area contributed by atoms with Gasteiger partial charge in [-0.3, -0.25) is 0 Å². The zero-order chi connectivity index (χ0) is 13.8. The minimum absolute atomic E-state index is 0.124. The molecule has 0 aliphatic carbocycles. The summed E-state index contributed by atoms with van der Waals surface area (Å²) in [5.41, 5.74) is 7.01. The van der Waals surface area contributed by atoms with Crippen molar-refractivity contribution >= 4 is 23.4 Å². The lowest BCUT2D eigenvalue weighted by Gasteiger charge is -2.16. The molecule has 19 heavy (non-hydrogen) atoms. The van der Waals surface area contributed by atoms with Gasteiger partial charge in [-0.05, 0) is 31.2 Å². The van der Waals surface area contributed by atoms with E-state index in [-0.39, 0.29) is 6.04 Å². The number of halogens is 1. The van der Waals surface area contributed by atoms with Crippen LogP contribution in [0.15, 0.2) is 46.5 Å². The third-order valence-corrected chi connectivity index (χ3v) is 4.14. The molecule has 0 unspecified atom stereocenters. The van der Waals surface area contributed by atoms with E-state index in [0.717, 1.165) is 21.2 Å². The number of aromatic nitrogens is 1. The van der Waals surface area contributed by atoms with Crippen molar-refractivity contribution in [2.45, 2.75) is 22.9 Å². The zero-order valence-electron chi connectivity index (χ0n) is 10.8. The van der Waals surface area contributed by atoms with Gasteiger partial charge in [0.2, 0.25) is 0 Å². The summed E-state index contributed by atoms with van der Waals surface area (Å²) in [5, 5.41) is 1.39. The van der Waals surface area contributed by atoms with E-state index in [1.807, 2.05) is 37.3 Å². The van der Waals surface area contributed by atoms with E-state index in [0.29, 0.717) is 5.02 Å². The Labute approximate surface area is 122 Å². The van der Waals surface area contributed by atoms with E-state index in [9.17, 15) is 0 Å². The van der Waals surface area contributed by atoms with Gasteiger partial charge in [-0.15, -0.1) is 0 Å². The van der Waals surface area contributed by atoms with Crippen LogP contribution in [-0.2, 0) is 0 Å². The molecule has 1 aromatic heterocycles. The summed E-state index contributed by atoms with van der Waals surface area (Å²) in [7, 11) is 1.64.